The van der Waals surface area contributed by atoms with E-state index in [4.69, 9.17) is 10.00 Å². The summed E-state index contributed by atoms with van der Waals surface area (Å²) in [5.41, 5.74) is -0.259. The number of hydrogen-bond donors (Lipinski definition) is 1. The minimum Gasteiger partial charge on any atom is -0.377 e. The summed E-state index contributed by atoms with van der Waals surface area (Å²) in [5.74, 6) is 0.636. The van der Waals surface area contributed by atoms with Crippen LogP contribution < -0.4 is 5.32 Å². The Balaban J connectivity index is 2.22. The SMILES string of the molecule is CC1CCNCC1OCCC(C)(C)C#N. The van der Waals surface area contributed by atoms with Gasteiger partial charge in [0, 0.05) is 13.2 Å². The molecule has 86 valence electrons. The number of rotatable bonds is 4. The minimum absolute atomic E-state index is 0.259. The molecular formula is C12H22N2O. The standard InChI is InChI=1S/C12H22N2O/c1-10-4-6-14-8-11(10)15-7-5-12(2,3)9-13/h10-11,14H,4-8H2,1-3H3. The predicted octanol–water partition coefficient (Wildman–Crippen LogP) is 1.94. The Kier molecular flexibility index (Phi) is 4.56. The summed E-state index contributed by atoms with van der Waals surface area (Å²) in [7, 11) is 0. The molecule has 3 heteroatoms. The Morgan fingerprint density at radius 2 is 2.27 bits per heavy atom. The molecule has 0 aromatic heterocycles. The van der Waals surface area contributed by atoms with Gasteiger partial charge in [0.15, 0.2) is 0 Å². The van der Waals surface area contributed by atoms with Gasteiger partial charge in [-0.2, -0.15) is 5.26 Å². The maximum Gasteiger partial charge on any atom is 0.0725 e. The molecule has 2 unspecified atom stereocenters. The van der Waals surface area contributed by atoms with Crippen molar-refractivity contribution in [3.63, 3.8) is 0 Å². The molecule has 1 N–H and O–H groups in total. The highest BCUT2D eigenvalue weighted by Crippen LogP contribution is 2.20. The van der Waals surface area contributed by atoms with Gasteiger partial charge in [-0.3, -0.25) is 0 Å². The van der Waals surface area contributed by atoms with Crippen LogP contribution in [0.2, 0.25) is 0 Å². The Bertz CT molecular complexity index is 232. The van der Waals surface area contributed by atoms with E-state index in [9.17, 15) is 0 Å². The lowest BCUT2D eigenvalue weighted by Gasteiger charge is -2.30. The zero-order valence-electron chi connectivity index (χ0n) is 10.0. The van der Waals surface area contributed by atoms with Crippen molar-refractivity contribution in [2.45, 2.75) is 39.7 Å². The molecule has 0 aromatic rings. The number of ether oxygens (including phenoxy) is 1. The van der Waals surface area contributed by atoms with Crippen molar-refractivity contribution in [3.05, 3.63) is 0 Å². The molecule has 15 heavy (non-hydrogen) atoms. The first kappa shape index (κ1) is 12.5. The lowest BCUT2D eigenvalue weighted by Crippen LogP contribution is -2.41. The van der Waals surface area contributed by atoms with Gasteiger partial charge in [0.05, 0.1) is 17.6 Å². The van der Waals surface area contributed by atoms with E-state index in [0.29, 0.717) is 18.6 Å². The maximum absolute atomic E-state index is 8.87. The summed E-state index contributed by atoms with van der Waals surface area (Å²) >= 11 is 0. The summed E-state index contributed by atoms with van der Waals surface area (Å²) < 4.78 is 5.82. The smallest absolute Gasteiger partial charge is 0.0725 e. The van der Waals surface area contributed by atoms with Gasteiger partial charge in [0.1, 0.15) is 0 Å². The zero-order chi connectivity index (χ0) is 11.3. The molecule has 1 rings (SSSR count). The van der Waals surface area contributed by atoms with Crippen LogP contribution in [0, 0.1) is 22.7 Å². The van der Waals surface area contributed by atoms with E-state index in [1.54, 1.807) is 0 Å². The van der Waals surface area contributed by atoms with Crippen molar-refractivity contribution in [3.8, 4) is 6.07 Å². The third-order valence-corrected chi connectivity index (χ3v) is 3.12. The third kappa shape index (κ3) is 4.19. The van der Waals surface area contributed by atoms with E-state index < -0.39 is 0 Å². The number of hydrogen-bond acceptors (Lipinski definition) is 3. The Labute approximate surface area is 92.8 Å². The van der Waals surface area contributed by atoms with Crippen molar-refractivity contribution >= 4 is 0 Å². The van der Waals surface area contributed by atoms with Crippen molar-refractivity contribution in [1.29, 1.82) is 5.26 Å². The van der Waals surface area contributed by atoms with Crippen molar-refractivity contribution < 1.29 is 4.74 Å². The highest BCUT2D eigenvalue weighted by molar-refractivity contribution is 4.91. The Morgan fingerprint density at radius 3 is 2.87 bits per heavy atom. The molecule has 0 aliphatic carbocycles. The Morgan fingerprint density at radius 1 is 1.53 bits per heavy atom. The summed E-state index contributed by atoms with van der Waals surface area (Å²) in [4.78, 5) is 0. The van der Waals surface area contributed by atoms with E-state index in [1.807, 2.05) is 13.8 Å². The predicted molar refractivity (Wildman–Crippen MR) is 60.4 cm³/mol. The quantitative estimate of drug-likeness (QED) is 0.771. The molecule has 1 aliphatic heterocycles. The van der Waals surface area contributed by atoms with Gasteiger partial charge in [-0.05, 0) is 39.2 Å². The molecule has 2 atom stereocenters. The molecule has 0 bridgehead atoms. The van der Waals surface area contributed by atoms with E-state index in [-0.39, 0.29) is 5.41 Å². The van der Waals surface area contributed by atoms with Crippen LogP contribution in [0.3, 0.4) is 0 Å². The molecule has 0 spiro atoms. The molecule has 1 saturated heterocycles. The molecule has 0 amide bonds. The van der Waals surface area contributed by atoms with E-state index in [2.05, 4.69) is 18.3 Å². The average Bonchev–Trinajstić information content (AvgIpc) is 2.21. The lowest BCUT2D eigenvalue weighted by molar-refractivity contribution is -0.00381. The van der Waals surface area contributed by atoms with Crippen molar-refractivity contribution in [2.75, 3.05) is 19.7 Å². The second-order valence-corrected chi connectivity index (χ2v) is 5.13. The normalized spacial score (nSPS) is 27.3. The van der Waals surface area contributed by atoms with Gasteiger partial charge in [0.25, 0.3) is 0 Å². The molecule has 1 heterocycles. The Hall–Kier alpha value is -0.590. The van der Waals surface area contributed by atoms with Crippen molar-refractivity contribution in [2.24, 2.45) is 11.3 Å². The van der Waals surface area contributed by atoms with E-state index in [1.165, 1.54) is 6.42 Å². The summed E-state index contributed by atoms with van der Waals surface area (Å²) in [6.45, 7) is 8.90. The van der Waals surface area contributed by atoms with Crippen LogP contribution in [0.4, 0.5) is 0 Å². The highest BCUT2D eigenvalue weighted by Gasteiger charge is 2.23. The van der Waals surface area contributed by atoms with E-state index in [0.717, 1.165) is 19.5 Å². The lowest BCUT2D eigenvalue weighted by atomic mass is 9.92. The molecule has 0 saturated carbocycles. The zero-order valence-corrected chi connectivity index (χ0v) is 10.0. The molecule has 1 fully saturated rings. The fraction of sp³-hybridized carbons (Fsp3) is 0.917. The highest BCUT2D eigenvalue weighted by atomic mass is 16.5. The first-order chi connectivity index (χ1) is 7.05. The largest absolute Gasteiger partial charge is 0.377 e. The number of piperidine rings is 1. The number of nitriles is 1. The molecule has 3 nitrogen and oxygen atoms in total. The average molecular weight is 210 g/mol. The maximum atomic E-state index is 8.87. The summed E-state index contributed by atoms with van der Waals surface area (Å²) in [6, 6.07) is 2.29. The van der Waals surface area contributed by atoms with Gasteiger partial charge < -0.3 is 10.1 Å². The first-order valence-electron chi connectivity index (χ1n) is 5.79. The second kappa shape index (κ2) is 5.48. The molecule has 0 aromatic carbocycles. The van der Waals surface area contributed by atoms with Crippen LogP contribution in [0.15, 0.2) is 0 Å². The number of nitrogens with one attached hydrogen (secondary N) is 1. The fourth-order valence-electron chi connectivity index (χ4n) is 1.71. The topological polar surface area (TPSA) is 45.0 Å². The molecular weight excluding hydrogens is 188 g/mol. The third-order valence-electron chi connectivity index (χ3n) is 3.12. The summed E-state index contributed by atoms with van der Waals surface area (Å²) in [6.07, 6.45) is 2.33. The van der Waals surface area contributed by atoms with Crippen LogP contribution in [0.25, 0.3) is 0 Å². The van der Waals surface area contributed by atoms with Crippen LogP contribution in [0.5, 0.6) is 0 Å². The van der Waals surface area contributed by atoms with Gasteiger partial charge in [0.2, 0.25) is 0 Å². The van der Waals surface area contributed by atoms with Gasteiger partial charge in [-0.1, -0.05) is 6.92 Å². The number of nitrogens with zero attached hydrogens (tertiary/aromatic N) is 1. The van der Waals surface area contributed by atoms with Gasteiger partial charge in [-0.25, -0.2) is 0 Å². The van der Waals surface area contributed by atoms with Crippen molar-refractivity contribution in [1.82, 2.24) is 5.32 Å². The second-order valence-electron chi connectivity index (χ2n) is 5.13. The summed E-state index contributed by atoms with van der Waals surface area (Å²) in [5, 5.41) is 12.2. The van der Waals surface area contributed by atoms with Crippen LogP contribution in [-0.4, -0.2) is 25.8 Å². The molecule has 1 aliphatic rings. The minimum atomic E-state index is -0.259. The van der Waals surface area contributed by atoms with Crippen LogP contribution in [-0.2, 0) is 4.74 Å². The molecule has 0 radical (unpaired) electrons. The van der Waals surface area contributed by atoms with Gasteiger partial charge >= 0.3 is 0 Å². The van der Waals surface area contributed by atoms with E-state index >= 15 is 0 Å². The fourth-order valence-corrected chi connectivity index (χ4v) is 1.71. The monoisotopic (exact) mass is 210 g/mol. The first-order valence-corrected chi connectivity index (χ1v) is 5.79. The van der Waals surface area contributed by atoms with Crippen LogP contribution in [0.1, 0.15) is 33.6 Å². The van der Waals surface area contributed by atoms with Gasteiger partial charge in [-0.15, -0.1) is 0 Å². The van der Waals surface area contributed by atoms with Crippen LogP contribution >= 0.6 is 0 Å².